The van der Waals surface area contributed by atoms with Crippen molar-refractivity contribution in [3.8, 4) is 0 Å². The minimum Gasteiger partial charge on any atom is -0.481 e. The van der Waals surface area contributed by atoms with Crippen molar-refractivity contribution in [2.45, 2.75) is 25.3 Å². The molecule has 1 aromatic rings. The standard InChI is InChI=1S/C13H18N4O2/c1-2-5-14-11-8-12(16-9-15-11)17-6-3-4-10(17)7-13(18)19/h2,8-10H,1,3-7H2,(H,18,19)(H,14,15,16). The molecule has 0 radical (unpaired) electrons. The zero-order valence-electron chi connectivity index (χ0n) is 10.7. The summed E-state index contributed by atoms with van der Waals surface area (Å²) in [6.07, 6.45) is 5.30. The van der Waals surface area contributed by atoms with E-state index in [-0.39, 0.29) is 12.5 Å². The van der Waals surface area contributed by atoms with Gasteiger partial charge in [-0.2, -0.15) is 0 Å². The molecule has 0 amide bonds. The van der Waals surface area contributed by atoms with Gasteiger partial charge in [0, 0.05) is 25.2 Å². The molecule has 2 N–H and O–H groups in total. The van der Waals surface area contributed by atoms with E-state index in [1.807, 2.05) is 6.07 Å². The van der Waals surface area contributed by atoms with Crippen LogP contribution >= 0.6 is 0 Å². The molecule has 19 heavy (non-hydrogen) atoms. The first kappa shape index (κ1) is 13.3. The molecule has 1 unspecified atom stereocenters. The smallest absolute Gasteiger partial charge is 0.305 e. The quantitative estimate of drug-likeness (QED) is 0.757. The van der Waals surface area contributed by atoms with Gasteiger partial charge in [-0.05, 0) is 12.8 Å². The molecule has 0 spiro atoms. The molecule has 0 bridgehead atoms. The fourth-order valence-electron chi connectivity index (χ4n) is 2.33. The van der Waals surface area contributed by atoms with Crippen molar-refractivity contribution in [1.29, 1.82) is 0 Å². The highest BCUT2D eigenvalue weighted by molar-refractivity contribution is 5.68. The number of hydrogen-bond donors (Lipinski definition) is 2. The Bertz CT molecular complexity index is 464. The predicted molar refractivity (Wildman–Crippen MR) is 73.3 cm³/mol. The monoisotopic (exact) mass is 262 g/mol. The lowest BCUT2D eigenvalue weighted by Gasteiger charge is -2.24. The van der Waals surface area contributed by atoms with Gasteiger partial charge in [-0.25, -0.2) is 9.97 Å². The van der Waals surface area contributed by atoms with Gasteiger partial charge in [0.2, 0.25) is 0 Å². The van der Waals surface area contributed by atoms with Crippen LogP contribution in [0.4, 0.5) is 11.6 Å². The Morgan fingerprint density at radius 3 is 3.21 bits per heavy atom. The van der Waals surface area contributed by atoms with Crippen LogP contribution in [0.1, 0.15) is 19.3 Å². The van der Waals surface area contributed by atoms with E-state index in [2.05, 4.69) is 26.8 Å². The van der Waals surface area contributed by atoms with Gasteiger partial charge in [-0.1, -0.05) is 6.08 Å². The van der Waals surface area contributed by atoms with Crippen LogP contribution in [0, 0.1) is 0 Å². The summed E-state index contributed by atoms with van der Waals surface area (Å²) in [5, 5.41) is 12.0. The molecule has 1 atom stereocenters. The van der Waals surface area contributed by atoms with E-state index in [1.54, 1.807) is 6.08 Å². The molecule has 1 saturated heterocycles. The number of carbonyl (C=O) groups is 1. The summed E-state index contributed by atoms with van der Waals surface area (Å²) in [7, 11) is 0. The maximum Gasteiger partial charge on any atom is 0.305 e. The number of hydrogen-bond acceptors (Lipinski definition) is 5. The molecule has 1 aliphatic rings. The highest BCUT2D eigenvalue weighted by Crippen LogP contribution is 2.26. The van der Waals surface area contributed by atoms with Crippen LogP contribution in [0.15, 0.2) is 25.0 Å². The van der Waals surface area contributed by atoms with E-state index in [4.69, 9.17) is 5.11 Å². The van der Waals surface area contributed by atoms with Crippen molar-refractivity contribution in [3.63, 3.8) is 0 Å². The largest absolute Gasteiger partial charge is 0.481 e. The van der Waals surface area contributed by atoms with Crippen LogP contribution in [-0.4, -0.2) is 40.2 Å². The Hall–Kier alpha value is -2.11. The maximum absolute atomic E-state index is 10.9. The number of rotatable bonds is 6. The van der Waals surface area contributed by atoms with Crippen molar-refractivity contribution >= 4 is 17.6 Å². The molecule has 2 rings (SSSR count). The Balaban J connectivity index is 2.11. The average Bonchev–Trinajstić information content (AvgIpc) is 2.84. The molecule has 0 aliphatic carbocycles. The number of carboxylic acids is 1. The normalized spacial score (nSPS) is 18.3. The lowest BCUT2D eigenvalue weighted by atomic mass is 10.1. The maximum atomic E-state index is 10.9. The van der Waals surface area contributed by atoms with Gasteiger partial charge in [-0.15, -0.1) is 6.58 Å². The van der Waals surface area contributed by atoms with Crippen molar-refractivity contribution in [1.82, 2.24) is 9.97 Å². The zero-order valence-corrected chi connectivity index (χ0v) is 10.7. The fraction of sp³-hybridized carbons (Fsp3) is 0.462. The second-order valence-electron chi connectivity index (χ2n) is 4.52. The first-order valence-corrected chi connectivity index (χ1v) is 6.36. The SMILES string of the molecule is C=CCNc1cc(N2CCCC2CC(=O)O)ncn1. The molecule has 1 fully saturated rings. The third-order valence-electron chi connectivity index (χ3n) is 3.16. The van der Waals surface area contributed by atoms with Crippen LogP contribution in [-0.2, 0) is 4.79 Å². The number of aromatic nitrogens is 2. The van der Waals surface area contributed by atoms with Crippen molar-refractivity contribution in [2.75, 3.05) is 23.3 Å². The number of nitrogens with zero attached hydrogens (tertiary/aromatic N) is 3. The molecule has 1 aromatic heterocycles. The number of anilines is 2. The second-order valence-corrected chi connectivity index (χ2v) is 4.52. The Labute approximate surface area is 112 Å². The van der Waals surface area contributed by atoms with Crippen molar-refractivity contribution < 1.29 is 9.90 Å². The topological polar surface area (TPSA) is 78.4 Å². The van der Waals surface area contributed by atoms with Gasteiger partial charge in [-0.3, -0.25) is 4.79 Å². The van der Waals surface area contributed by atoms with E-state index in [0.717, 1.165) is 31.0 Å². The Morgan fingerprint density at radius 1 is 1.63 bits per heavy atom. The number of carboxylic acid groups (broad SMARTS) is 1. The van der Waals surface area contributed by atoms with Crippen LogP contribution < -0.4 is 10.2 Å². The van der Waals surface area contributed by atoms with E-state index < -0.39 is 5.97 Å². The van der Waals surface area contributed by atoms with Crippen LogP contribution in [0.3, 0.4) is 0 Å². The summed E-state index contributed by atoms with van der Waals surface area (Å²) in [5.74, 6) is 0.743. The lowest BCUT2D eigenvalue weighted by molar-refractivity contribution is -0.137. The van der Waals surface area contributed by atoms with Crippen molar-refractivity contribution in [3.05, 3.63) is 25.0 Å². The van der Waals surface area contributed by atoms with Gasteiger partial charge in [0.05, 0.1) is 6.42 Å². The van der Waals surface area contributed by atoms with Crippen molar-refractivity contribution in [2.24, 2.45) is 0 Å². The van der Waals surface area contributed by atoms with Gasteiger partial charge in [0.15, 0.2) is 0 Å². The molecule has 1 aliphatic heterocycles. The highest BCUT2D eigenvalue weighted by atomic mass is 16.4. The van der Waals surface area contributed by atoms with Gasteiger partial charge in [0.1, 0.15) is 18.0 Å². The molecule has 2 heterocycles. The van der Waals surface area contributed by atoms with Crippen LogP contribution in [0.25, 0.3) is 0 Å². The highest BCUT2D eigenvalue weighted by Gasteiger charge is 2.27. The predicted octanol–water partition coefficient (Wildman–Crippen LogP) is 1.52. The van der Waals surface area contributed by atoms with E-state index in [9.17, 15) is 4.79 Å². The van der Waals surface area contributed by atoms with E-state index in [0.29, 0.717) is 6.54 Å². The van der Waals surface area contributed by atoms with E-state index >= 15 is 0 Å². The second kappa shape index (κ2) is 6.17. The van der Waals surface area contributed by atoms with E-state index in [1.165, 1.54) is 6.33 Å². The third kappa shape index (κ3) is 3.43. The molecule has 102 valence electrons. The Morgan fingerprint density at radius 2 is 2.47 bits per heavy atom. The minimum atomic E-state index is -0.768. The minimum absolute atomic E-state index is 0.0275. The first-order valence-electron chi connectivity index (χ1n) is 6.36. The first-order chi connectivity index (χ1) is 9.20. The molecule has 0 saturated carbocycles. The molecule has 6 heteroatoms. The fourth-order valence-corrected chi connectivity index (χ4v) is 2.33. The average molecular weight is 262 g/mol. The summed E-state index contributed by atoms with van der Waals surface area (Å²) in [5.41, 5.74) is 0. The number of nitrogens with one attached hydrogen (secondary N) is 1. The summed E-state index contributed by atoms with van der Waals surface area (Å²) >= 11 is 0. The van der Waals surface area contributed by atoms with Gasteiger partial charge >= 0.3 is 5.97 Å². The Kier molecular flexibility index (Phi) is 4.33. The number of aliphatic carboxylic acids is 1. The third-order valence-corrected chi connectivity index (χ3v) is 3.16. The molecule has 6 nitrogen and oxygen atoms in total. The van der Waals surface area contributed by atoms with Crippen LogP contribution in [0.2, 0.25) is 0 Å². The summed E-state index contributed by atoms with van der Waals surface area (Å²) in [4.78, 5) is 21.3. The summed E-state index contributed by atoms with van der Waals surface area (Å²) in [6.45, 7) is 5.12. The molecular weight excluding hydrogens is 244 g/mol. The summed E-state index contributed by atoms with van der Waals surface area (Å²) in [6, 6.07) is 1.88. The molecule has 0 aromatic carbocycles. The zero-order chi connectivity index (χ0) is 13.7. The summed E-state index contributed by atoms with van der Waals surface area (Å²) < 4.78 is 0. The van der Waals surface area contributed by atoms with Gasteiger partial charge in [0.25, 0.3) is 0 Å². The van der Waals surface area contributed by atoms with Crippen LogP contribution in [0.5, 0.6) is 0 Å². The molecular formula is C13H18N4O2. The lowest BCUT2D eigenvalue weighted by Crippen LogP contribution is -2.32. The van der Waals surface area contributed by atoms with Gasteiger partial charge < -0.3 is 15.3 Å².